The molecule has 17 heavy (non-hydrogen) atoms. The monoisotopic (exact) mass is 235 g/mol. The first-order valence-corrected chi connectivity index (χ1v) is 7.01. The van der Waals surface area contributed by atoms with E-state index in [0.717, 1.165) is 6.54 Å². The van der Waals surface area contributed by atoms with E-state index < -0.39 is 0 Å². The lowest BCUT2D eigenvalue weighted by Gasteiger charge is -2.18. The molecule has 1 unspecified atom stereocenters. The number of nitrogens with one attached hydrogen (secondary N) is 1. The zero-order valence-corrected chi connectivity index (χ0v) is 12.3. The van der Waals surface area contributed by atoms with Crippen molar-refractivity contribution in [3.63, 3.8) is 0 Å². The van der Waals surface area contributed by atoms with Crippen molar-refractivity contribution in [1.82, 2.24) is 5.32 Å². The summed E-state index contributed by atoms with van der Waals surface area (Å²) in [6, 6.07) is 0. The quantitative estimate of drug-likeness (QED) is 0.700. The molecule has 0 aromatic carbocycles. The van der Waals surface area contributed by atoms with E-state index in [1.165, 1.54) is 30.4 Å². The molecule has 1 atom stereocenters. The fourth-order valence-electron chi connectivity index (χ4n) is 2.82. The Labute approximate surface area is 107 Å². The number of rotatable bonds is 5. The highest BCUT2D eigenvalue weighted by Gasteiger charge is 2.30. The molecule has 0 radical (unpaired) electrons. The molecule has 1 aliphatic heterocycles. The minimum atomic E-state index is 0.302. The van der Waals surface area contributed by atoms with Gasteiger partial charge < -0.3 is 5.32 Å². The first kappa shape index (κ1) is 14.5. The maximum Gasteiger partial charge on any atom is 0.0131 e. The molecule has 1 saturated heterocycles. The molecular weight excluding hydrogens is 206 g/mol. The fraction of sp³-hybridized carbons (Fsp3) is 0.750. The Bertz CT molecular complexity index is 295. The van der Waals surface area contributed by atoms with Gasteiger partial charge in [-0.05, 0) is 51.9 Å². The van der Waals surface area contributed by atoms with E-state index in [2.05, 4.69) is 52.6 Å². The molecule has 0 aliphatic carbocycles. The summed E-state index contributed by atoms with van der Waals surface area (Å²) in [5.41, 5.74) is 3.12. The first-order valence-electron chi connectivity index (χ1n) is 7.01. The second kappa shape index (κ2) is 5.86. The normalized spacial score (nSPS) is 24.4. The molecule has 1 N–H and O–H groups in total. The lowest BCUT2D eigenvalue weighted by molar-refractivity contribution is 0.451. The van der Waals surface area contributed by atoms with Gasteiger partial charge in [0.1, 0.15) is 0 Å². The van der Waals surface area contributed by atoms with E-state index in [1.807, 2.05) is 0 Å². The van der Waals surface area contributed by atoms with Crippen molar-refractivity contribution in [1.29, 1.82) is 0 Å². The average molecular weight is 235 g/mol. The van der Waals surface area contributed by atoms with Crippen LogP contribution in [0, 0.1) is 11.8 Å². The van der Waals surface area contributed by atoms with Crippen LogP contribution >= 0.6 is 0 Å². The Morgan fingerprint density at radius 1 is 1.41 bits per heavy atom. The molecule has 0 amide bonds. The maximum atomic E-state index is 4.25. The van der Waals surface area contributed by atoms with Crippen molar-refractivity contribution in [2.24, 2.45) is 11.8 Å². The predicted octanol–water partition coefficient (Wildman–Crippen LogP) is 4.31. The van der Waals surface area contributed by atoms with E-state index in [9.17, 15) is 0 Å². The summed E-state index contributed by atoms with van der Waals surface area (Å²) in [5.74, 6) is 1.35. The van der Waals surface area contributed by atoms with Crippen LogP contribution in [0.3, 0.4) is 0 Å². The average Bonchev–Trinajstić information content (AvgIpc) is 2.60. The van der Waals surface area contributed by atoms with Gasteiger partial charge in [-0.15, -0.1) is 0 Å². The molecule has 0 aromatic rings. The van der Waals surface area contributed by atoms with Crippen LogP contribution in [-0.2, 0) is 0 Å². The summed E-state index contributed by atoms with van der Waals surface area (Å²) >= 11 is 0. The molecule has 1 nitrogen and oxygen atoms in total. The molecule has 0 saturated carbocycles. The molecule has 0 aromatic heterocycles. The van der Waals surface area contributed by atoms with Gasteiger partial charge in [-0.2, -0.15) is 0 Å². The van der Waals surface area contributed by atoms with Gasteiger partial charge in [0.2, 0.25) is 0 Å². The number of hydrogen-bond acceptors (Lipinski definition) is 1. The minimum Gasteiger partial charge on any atom is -0.311 e. The zero-order chi connectivity index (χ0) is 13.1. The highest BCUT2D eigenvalue weighted by molar-refractivity contribution is 5.25. The largest absolute Gasteiger partial charge is 0.311 e. The summed E-state index contributed by atoms with van der Waals surface area (Å²) in [6.07, 6.45) is 5.98. The van der Waals surface area contributed by atoms with Gasteiger partial charge in [0, 0.05) is 12.1 Å². The van der Waals surface area contributed by atoms with Gasteiger partial charge in [-0.3, -0.25) is 0 Å². The van der Waals surface area contributed by atoms with Gasteiger partial charge in [0.05, 0.1) is 0 Å². The fourth-order valence-corrected chi connectivity index (χ4v) is 2.82. The van der Waals surface area contributed by atoms with E-state index >= 15 is 0 Å². The van der Waals surface area contributed by atoms with Crippen LogP contribution in [0.5, 0.6) is 0 Å². The Hall–Kier alpha value is -0.560. The highest BCUT2D eigenvalue weighted by atomic mass is 15.0. The second-order valence-electron chi connectivity index (χ2n) is 6.14. The van der Waals surface area contributed by atoms with Crippen molar-refractivity contribution >= 4 is 0 Å². The predicted molar refractivity (Wildman–Crippen MR) is 77.2 cm³/mol. The molecule has 0 spiro atoms. The number of hydrogen-bond donors (Lipinski definition) is 1. The van der Waals surface area contributed by atoms with Crippen LogP contribution in [0.25, 0.3) is 0 Å². The van der Waals surface area contributed by atoms with Crippen LogP contribution in [0.2, 0.25) is 0 Å². The van der Waals surface area contributed by atoms with Crippen LogP contribution in [-0.4, -0.2) is 12.1 Å². The van der Waals surface area contributed by atoms with Crippen molar-refractivity contribution in [3.05, 3.63) is 23.8 Å². The summed E-state index contributed by atoms with van der Waals surface area (Å²) in [7, 11) is 0. The van der Waals surface area contributed by atoms with Gasteiger partial charge in [0.25, 0.3) is 0 Å². The minimum absolute atomic E-state index is 0.302. The third kappa shape index (κ3) is 3.99. The SMILES string of the molecule is C=C(/C=C(\C)C1CNC(C)(C)C1)C(CC)CC. The van der Waals surface area contributed by atoms with Crippen LogP contribution in [0.1, 0.15) is 53.9 Å². The van der Waals surface area contributed by atoms with Gasteiger partial charge in [-0.1, -0.05) is 37.6 Å². The van der Waals surface area contributed by atoms with Gasteiger partial charge in [0.15, 0.2) is 0 Å². The third-order valence-corrected chi connectivity index (χ3v) is 4.15. The molecular formula is C16H29N. The van der Waals surface area contributed by atoms with E-state index in [1.54, 1.807) is 0 Å². The summed E-state index contributed by atoms with van der Waals surface area (Å²) in [4.78, 5) is 0. The molecule has 1 rings (SSSR count). The standard InChI is InChI=1S/C16H29N/c1-7-14(8-2)12(3)9-13(4)15-10-16(5,6)17-11-15/h9,14-15,17H,3,7-8,10-11H2,1-2,4-6H3/b13-9+. The van der Waals surface area contributed by atoms with Crippen molar-refractivity contribution in [2.45, 2.75) is 59.4 Å². The third-order valence-electron chi connectivity index (χ3n) is 4.15. The Morgan fingerprint density at radius 3 is 2.41 bits per heavy atom. The zero-order valence-electron chi connectivity index (χ0n) is 12.3. The van der Waals surface area contributed by atoms with E-state index in [-0.39, 0.29) is 0 Å². The number of allylic oxidation sites excluding steroid dienone is 2. The lowest BCUT2D eigenvalue weighted by atomic mass is 9.88. The molecule has 98 valence electrons. The van der Waals surface area contributed by atoms with Crippen molar-refractivity contribution < 1.29 is 0 Å². The van der Waals surface area contributed by atoms with Gasteiger partial charge >= 0.3 is 0 Å². The summed E-state index contributed by atoms with van der Waals surface area (Å²) < 4.78 is 0. The first-order chi connectivity index (χ1) is 7.89. The Balaban J connectivity index is 2.64. The molecule has 1 aliphatic rings. The maximum absolute atomic E-state index is 4.25. The van der Waals surface area contributed by atoms with Crippen LogP contribution < -0.4 is 5.32 Å². The smallest absolute Gasteiger partial charge is 0.0131 e. The topological polar surface area (TPSA) is 12.0 Å². The van der Waals surface area contributed by atoms with E-state index in [4.69, 9.17) is 0 Å². The molecule has 1 heterocycles. The van der Waals surface area contributed by atoms with Crippen molar-refractivity contribution in [2.75, 3.05) is 6.54 Å². The Morgan fingerprint density at radius 2 is 2.00 bits per heavy atom. The molecule has 0 bridgehead atoms. The lowest BCUT2D eigenvalue weighted by Crippen LogP contribution is -2.31. The van der Waals surface area contributed by atoms with Gasteiger partial charge in [-0.25, -0.2) is 0 Å². The van der Waals surface area contributed by atoms with Crippen LogP contribution in [0.15, 0.2) is 23.8 Å². The Kier molecular flexibility index (Phi) is 5.00. The van der Waals surface area contributed by atoms with E-state index in [0.29, 0.717) is 17.4 Å². The summed E-state index contributed by atoms with van der Waals surface area (Å²) in [5, 5.41) is 3.59. The second-order valence-corrected chi connectivity index (χ2v) is 6.14. The molecule has 1 heteroatoms. The highest BCUT2D eigenvalue weighted by Crippen LogP contribution is 2.30. The van der Waals surface area contributed by atoms with Crippen LogP contribution in [0.4, 0.5) is 0 Å². The molecule has 1 fully saturated rings. The summed E-state index contributed by atoms with van der Waals surface area (Å²) in [6.45, 7) is 16.7. The van der Waals surface area contributed by atoms with Crippen molar-refractivity contribution in [3.8, 4) is 0 Å².